The molecule has 0 aliphatic carbocycles. The number of pyridine rings is 1. The maximum Gasteiger partial charge on any atom is 0.234 e. The second-order valence-electron chi connectivity index (χ2n) is 5.20. The van der Waals surface area contributed by atoms with Crippen LogP contribution < -0.4 is 16.4 Å². The number of amides is 1. The first kappa shape index (κ1) is 14.6. The summed E-state index contributed by atoms with van der Waals surface area (Å²) in [7, 11) is 0. The Kier molecular flexibility index (Phi) is 5.25. The molecule has 5 heteroatoms. The molecule has 0 radical (unpaired) electrons. The first-order chi connectivity index (χ1) is 8.40. The number of carbonyl (C=O) groups excluding carboxylic acids is 1. The Hall–Kier alpha value is -1.46. The Balaban J connectivity index is 2.38. The van der Waals surface area contributed by atoms with Gasteiger partial charge < -0.3 is 16.4 Å². The van der Waals surface area contributed by atoms with E-state index < -0.39 is 0 Å². The smallest absolute Gasteiger partial charge is 0.234 e. The molecule has 0 unspecified atom stereocenters. The van der Waals surface area contributed by atoms with Crippen molar-refractivity contribution < 1.29 is 4.79 Å². The van der Waals surface area contributed by atoms with Gasteiger partial charge in [0.2, 0.25) is 5.91 Å². The Labute approximate surface area is 108 Å². The second-order valence-corrected chi connectivity index (χ2v) is 5.20. The molecule has 0 aliphatic heterocycles. The van der Waals surface area contributed by atoms with Crippen LogP contribution in [0.2, 0.25) is 0 Å². The van der Waals surface area contributed by atoms with Gasteiger partial charge in [-0.25, -0.2) is 0 Å². The van der Waals surface area contributed by atoms with Crippen molar-refractivity contribution in [2.24, 2.45) is 5.73 Å². The van der Waals surface area contributed by atoms with Crippen molar-refractivity contribution in [3.63, 3.8) is 0 Å². The molecule has 0 atom stereocenters. The van der Waals surface area contributed by atoms with Gasteiger partial charge in [-0.3, -0.25) is 9.78 Å². The van der Waals surface area contributed by atoms with E-state index in [1.807, 2.05) is 39.0 Å². The van der Waals surface area contributed by atoms with Crippen LogP contribution in [0.4, 0.5) is 0 Å². The molecule has 18 heavy (non-hydrogen) atoms. The molecule has 0 saturated heterocycles. The highest BCUT2D eigenvalue weighted by Gasteiger charge is 2.11. The summed E-state index contributed by atoms with van der Waals surface area (Å²) in [6, 6.07) is 5.63. The summed E-state index contributed by atoms with van der Waals surface area (Å²) in [5, 5.41) is 5.95. The lowest BCUT2D eigenvalue weighted by Crippen LogP contribution is -2.43. The molecule has 0 spiro atoms. The monoisotopic (exact) mass is 250 g/mol. The number of hydrogen-bond donors (Lipinski definition) is 3. The summed E-state index contributed by atoms with van der Waals surface area (Å²) in [5.41, 5.74) is 7.10. The fraction of sp³-hybridized carbons (Fsp3) is 0.538. The van der Waals surface area contributed by atoms with Gasteiger partial charge in [-0.1, -0.05) is 6.07 Å². The van der Waals surface area contributed by atoms with Gasteiger partial charge in [-0.05, 0) is 32.9 Å². The van der Waals surface area contributed by atoms with Crippen molar-refractivity contribution in [3.05, 3.63) is 29.6 Å². The number of nitrogens with two attached hydrogens (primary N) is 1. The average molecular weight is 250 g/mol. The lowest BCUT2D eigenvalue weighted by molar-refractivity contribution is -0.120. The predicted molar refractivity (Wildman–Crippen MR) is 71.7 cm³/mol. The van der Waals surface area contributed by atoms with E-state index in [0.717, 1.165) is 11.4 Å². The fourth-order valence-electron chi connectivity index (χ4n) is 1.34. The highest BCUT2D eigenvalue weighted by atomic mass is 16.1. The predicted octanol–water partition coefficient (Wildman–Crippen LogP) is 0.545. The number of hydrogen-bond acceptors (Lipinski definition) is 4. The largest absolute Gasteiger partial charge is 0.349 e. The maximum atomic E-state index is 11.6. The Morgan fingerprint density at radius 1 is 1.33 bits per heavy atom. The molecule has 0 bridgehead atoms. The molecule has 1 heterocycles. The molecule has 1 rings (SSSR count). The summed E-state index contributed by atoms with van der Waals surface area (Å²) in [5.74, 6) is -0.0372. The van der Waals surface area contributed by atoms with Gasteiger partial charge in [0.1, 0.15) is 0 Å². The van der Waals surface area contributed by atoms with Crippen LogP contribution in [0.25, 0.3) is 0 Å². The van der Waals surface area contributed by atoms with Crippen LogP contribution in [-0.4, -0.2) is 23.0 Å². The Morgan fingerprint density at radius 3 is 2.61 bits per heavy atom. The molecule has 0 aromatic carbocycles. The number of nitrogens with zero attached hydrogens (tertiary/aromatic N) is 1. The Bertz CT molecular complexity index is 398. The second kappa shape index (κ2) is 6.47. The molecule has 0 fully saturated rings. The van der Waals surface area contributed by atoms with Gasteiger partial charge in [-0.15, -0.1) is 0 Å². The third-order valence-electron chi connectivity index (χ3n) is 2.32. The maximum absolute atomic E-state index is 11.6. The van der Waals surface area contributed by atoms with Crippen LogP contribution in [0.1, 0.15) is 32.2 Å². The van der Waals surface area contributed by atoms with E-state index in [-0.39, 0.29) is 11.4 Å². The van der Waals surface area contributed by atoms with E-state index in [9.17, 15) is 4.79 Å². The van der Waals surface area contributed by atoms with Gasteiger partial charge in [0.05, 0.1) is 24.5 Å². The van der Waals surface area contributed by atoms with E-state index in [2.05, 4.69) is 15.6 Å². The van der Waals surface area contributed by atoms with Gasteiger partial charge in [0.15, 0.2) is 0 Å². The quantitative estimate of drug-likeness (QED) is 0.713. The van der Waals surface area contributed by atoms with E-state index in [0.29, 0.717) is 19.6 Å². The molecule has 4 N–H and O–H groups in total. The summed E-state index contributed by atoms with van der Waals surface area (Å²) in [6.45, 7) is 7.21. The first-order valence-electron chi connectivity index (χ1n) is 6.07. The molecule has 1 amide bonds. The van der Waals surface area contributed by atoms with Crippen molar-refractivity contribution in [2.45, 2.75) is 39.4 Å². The van der Waals surface area contributed by atoms with Crippen molar-refractivity contribution >= 4 is 5.91 Å². The summed E-state index contributed by atoms with van der Waals surface area (Å²) >= 11 is 0. The standard InChI is InChI=1S/C13H22N4O/c1-13(2,3)16-9-12(18)15-8-11-6-4-5-10(7-14)17-11/h4-6,16H,7-9,14H2,1-3H3,(H,15,18). The zero-order valence-electron chi connectivity index (χ0n) is 11.3. The lowest BCUT2D eigenvalue weighted by Gasteiger charge is -2.19. The number of aromatic nitrogens is 1. The van der Waals surface area contributed by atoms with Gasteiger partial charge in [0.25, 0.3) is 0 Å². The average Bonchev–Trinajstić information content (AvgIpc) is 2.33. The molecule has 0 saturated carbocycles. The minimum Gasteiger partial charge on any atom is -0.349 e. The molecule has 0 aliphatic rings. The van der Waals surface area contributed by atoms with Gasteiger partial charge in [-0.2, -0.15) is 0 Å². The van der Waals surface area contributed by atoms with E-state index >= 15 is 0 Å². The minimum absolute atomic E-state index is 0.0372. The van der Waals surface area contributed by atoms with Crippen LogP contribution in [0, 0.1) is 0 Å². The molecular formula is C13H22N4O. The first-order valence-corrected chi connectivity index (χ1v) is 6.07. The summed E-state index contributed by atoms with van der Waals surface area (Å²) < 4.78 is 0. The fourth-order valence-corrected chi connectivity index (χ4v) is 1.34. The normalized spacial score (nSPS) is 11.3. The Morgan fingerprint density at radius 2 is 2.00 bits per heavy atom. The summed E-state index contributed by atoms with van der Waals surface area (Å²) in [6.07, 6.45) is 0. The van der Waals surface area contributed by atoms with Crippen LogP contribution in [-0.2, 0) is 17.9 Å². The van der Waals surface area contributed by atoms with Crippen molar-refractivity contribution in [1.82, 2.24) is 15.6 Å². The highest BCUT2D eigenvalue weighted by molar-refractivity contribution is 5.78. The van der Waals surface area contributed by atoms with Gasteiger partial charge >= 0.3 is 0 Å². The number of rotatable bonds is 5. The minimum atomic E-state index is -0.0605. The SMILES string of the molecule is CC(C)(C)NCC(=O)NCc1cccc(CN)n1. The third kappa shape index (κ3) is 5.75. The van der Waals surface area contributed by atoms with Crippen molar-refractivity contribution in [1.29, 1.82) is 0 Å². The van der Waals surface area contributed by atoms with E-state index in [1.54, 1.807) is 0 Å². The molecule has 5 nitrogen and oxygen atoms in total. The molecular weight excluding hydrogens is 228 g/mol. The third-order valence-corrected chi connectivity index (χ3v) is 2.32. The molecule has 1 aromatic rings. The summed E-state index contributed by atoms with van der Waals surface area (Å²) in [4.78, 5) is 15.9. The van der Waals surface area contributed by atoms with Crippen LogP contribution in [0.5, 0.6) is 0 Å². The zero-order valence-corrected chi connectivity index (χ0v) is 11.3. The van der Waals surface area contributed by atoms with Crippen molar-refractivity contribution in [2.75, 3.05) is 6.54 Å². The van der Waals surface area contributed by atoms with E-state index in [1.165, 1.54) is 0 Å². The topological polar surface area (TPSA) is 80.0 Å². The molecule has 1 aromatic heterocycles. The van der Waals surface area contributed by atoms with E-state index in [4.69, 9.17) is 5.73 Å². The highest BCUT2D eigenvalue weighted by Crippen LogP contribution is 1.99. The van der Waals surface area contributed by atoms with Gasteiger partial charge in [0, 0.05) is 12.1 Å². The number of carbonyl (C=O) groups is 1. The lowest BCUT2D eigenvalue weighted by atomic mass is 10.1. The van der Waals surface area contributed by atoms with Crippen LogP contribution in [0.3, 0.4) is 0 Å². The van der Waals surface area contributed by atoms with Crippen LogP contribution in [0.15, 0.2) is 18.2 Å². The number of nitrogens with one attached hydrogen (secondary N) is 2. The molecule has 100 valence electrons. The van der Waals surface area contributed by atoms with Crippen molar-refractivity contribution in [3.8, 4) is 0 Å². The zero-order chi connectivity index (χ0) is 13.6. The van der Waals surface area contributed by atoms with Crippen LogP contribution >= 0.6 is 0 Å².